The third-order valence-corrected chi connectivity index (χ3v) is 3.24. The number of hydrogen-bond donors (Lipinski definition) is 1. The van der Waals surface area contributed by atoms with E-state index in [9.17, 15) is 4.39 Å². The van der Waals surface area contributed by atoms with Crippen molar-refractivity contribution in [3.63, 3.8) is 0 Å². The molecule has 1 N–H and O–H groups in total. The van der Waals surface area contributed by atoms with Crippen molar-refractivity contribution in [3.05, 3.63) is 46.8 Å². The summed E-state index contributed by atoms with van der Waals surface area (Å²) in [5.74, 6) is -0.354. The highest BCUT2D eigenvalue weighted by molar-refractivity contribution is 6.31. The molecule has 2 aromatic heterocycles. The zero-order chi connectivity index (χ0) is 14.7. The number of pyridine rings is 1. The molecule has 0 aliphatic carbocycles. The van der Waals surface area contributed by atoms with Gasteiger partial charge in [0, 0.05) is 12.6 Å². The summed E-state index contributed by atoms with van der Waals surface area (Å²) in [6, 6.07) is 3.07. The van der Waals surface area contributed by atoms with E-state index in [0.717, 1.165) is 11.4 Å². The second-order valence-corrected chi connectivity index (χ2v) is 5.26. The van der Waals surface area contributed by atoms with E-state index >= 15 is 0 Å². The first-order valence-corrected chi connectivity index (χ1v) is 6.99. The summed E-state index contributed by atoms with van der Waals surface area (Å²) in [7, 11) is 0. The minimum atomic E-state index is -0.354. The van der Waals surface area contributed by atoms with Crippen molar-refractivity contribution >= 4 is 11.6 Å². The van der Waals surface area contributed by atoms with Crippen LogP contribution in [0.3, 0.4) is 0 Å². The normalized spacial score (nSPS) is 12.9. The molecular weight excluding hydrogens is 279 g/mol. The Hall–Kier alpha value is -1.46. The lowest BCUT2D eigenvalue weighted by atomic mass is 10.1. The SMILES string of the molecule is CCn1ncc(Cl)c1C(NC(C)C)c1ccc(F)cn1. The van der Waals surface area contributed by atoms with E-state index in [1.165, 1.54) is 12.3 Å². The Morgan fingerprint density at radius 2 is 2.10 bits per heavy atom. The molecule has 1 unspecified atom stereocenters. The fraction of sp³-hybridized carbons (Fsp3) is 0.429. The van der Waals surface area contributed by atoms with Crippen LogP contribution in [0.2, 0.25) is 5.02 Å². The zero-order valence-corrected chi connectivity index (χ0v) is 12.5. The summed E-state index contributed by atoms with van der Waals surface area (Å²) in [6.45, 7) is 6.78. The number of hydrogen-bond acceptors (Lipinski definition) is 3. The molecule has 0 aromatic carbocycles. The third kappa shape index (κ3) is 3.16. The van der Waals surface area contributed by atoms with E-state index in [4.69, 9.17) is 11.6 Å². The molecule has 0 radical (unpaired) electrons. The van der Waals surface area contributed by atoms with Gasteiger partial charge in [-0.15, -0.1) is 0 Å². The lowest BCUT2D eigenvalue weighted by Gasteiger charge is -2.22. The highest BCUT2D eigenvalue weighted by Gasteiger charge is 2.23. The zero-order valence-electron chi connectivity index (χ0n) is 11.8. The van der Waals surface area contributed by atoms with E-state index in [1.54, 1.807) is 12.3 Å². The number of nitrogens with one attached hydrogen (secondary N) is 1. The van der Waals surface area contributed by atoms with E-state index < -0.39 is 0 Å². The van der Waals surface area contributed by atoms with Gasteiger partial charge >= 0.3 is 0 Å². The lowest BCUT2D eigenvalue weighted by Crippen LogP contribution is -2.31. The number of rotatable bonds is 5. The smallest absolute Gasteiger partial charge is 0.141 e. The van der Waals surface area contributed by atoms with Gasteiger partial charge in [-0.1, -0.05) is 11.6 Å². The van der Waals surface area contributed by atoms with Crippen molar-refractivity contribution in [1.82, 2.24) is 20.1 Å². The van der Waals surface area contributed by atoms with Crippen LogP contribution in [0.25, 0.3) is 0 Å². The van der Waals surface area contributed by atoms with E-state index in [0.29, 0.717) is 11.6 Å². The number of nitrogens with zero attached hydrogens (tertiary/aromatic N) is 3. The van der Waals surface area contributed by atoms with Gasteiger partial charge in [0.25, 0.3) is 0 Å². The average molecular weight is 297 g/mol. The number of halogens is 2. The van der Waals surface area contributed by atoms with Crippen LogP contribution >= 0.6 is 11.6 Å². The number of aryl methyl sites for hydroxylation is 1. The molecule has 0 saturated carbocycles. The molecule has 0 aliphatic rings. The maximum absolute atomic E-state index is 13.1. The molecule has 4 nitrogen and oxygen atoms in total. The molecule has 20 heavy (non-hydrogen) atoms. The first-order chi connectivity index (χ1) is 9.52. The highest BCUT2D eigenvalue weighted by atomic mass is 35.5. The van der Waals surface area contributed by atoms with Crippen molar-refractivity contribution in [2.24, 2.45) is 0 Å². The van der Waals surface area contributed by atoms with Crippen molar-refractivity contribution in [2.75, 3.05) is 0 Å². The standard InChI is InChI=1S/C14H18ClFN4/c1-4-20-14(11(15)8-18-20)13(19-9(2)3)12-6-5-10(16)7-17-12/h5-9,13,19H,4H2,1-3H3. The van der Waals surface area contributed by atoms with Gasteiger partial charge in [-0.25, -0.2) is 4.39 Å². The monoisotopic (exact) mass is 296 g/mol. The molecule has 0 amide bonds. The highest BCUT2D eigenvalue weighted by Crippen LogP contribution is 2.27. The van der Waals surface area contributed by atoms with Gasteiger partial charge in [0.05, 0.1) is 34.8 Å². The van der Waals surface area contributed by atoms with E-state index in [2.05, 4.69) is 15.4 Å². The molecule has 0 spiro atoms. The maximum Gasteiger partial charge on any atom is 0.141 e. The average Bonchev–Trinajstić information content (AvgIpc) is 2.78. The van der Waals surface area contributed by atoms with Crippen LogP contribution in [0.4, 0.5) is 4.39 Å². The van der Waals surface area contributed by atoms with Crippen LogP contribution in [0, 0.1) is 5.82 Å². The summed E-state index contributed by atoms with van der Waals surface area (Å²) in [4.78, 5) is 4.17. The summed E-state index contributed by atoms with van der Waals surface area (Å²) in [6.07, 6.45) is 2.84. The molecule has 2 heterocycles. The Morgan fingerprint density at radius 1 is 1.35 bits per heavy atom. The van der Waals surface area contributed by atoms with Gasteiger partial charge in [0.1, 0.15) is 5.82 Å². The molecular formula is C14H18ClFN4. The fourth-order valence-electron chi connectivity index (χ4n) is 2.11. The summed E-state index contributed by atoms with van der Waals surface area (Å²) in [5.41, 5.74) is 1.57. The van der Waals surface area contributed by atoms with Crippen molar-refractivity contribution in [2.45, 2.75) is 39.4 Å². The van der Waals surface area contributed by atoms with E-state index in [-0.39, 0.29) is 17.9 Å². The summed E-state index contributed by atoms with van der Waals surface area (Å²) < 4.78 is 14.9. The maximum atomic E-state index is 13.1. The third-order valence-electron chi connectivity index (χ3n) is 2.95. The van der Waals surface area contributed by atoms with Gasteiger partial charge in [-0.3, -0.25) is 9.67 Å². The minimum Gasteiger partial charge on any atom is -0.301 e. The fourth-order valence-corrected chi connectivity index (χ4v) is 2.36. The molecule has 1 atom stereocenters. The second-order valence-electron chi connectivity index (χ2n) is 4.85. The predicted molar refractivity (Wildman–Crippen MR) is 77.2 cm³/mol. The second kappa shape index (κ2) is 6.33. The van der Waals surface area contributed by atoms with Crippen molar-refractivity contribution in [1.29, 1.82) is 0 Å². The minimum absolute atomic E-state index is 0.217. The van der Waals surface area contributed by atoms with Crippen LogP contribution in [-0.2, 0) is 6.54 Å². The molecule has 0 aliphatic heterocycles. The molecule has 0 saturated heterocycles. The van der Waals surface area contributed by atoms with Gasteiger partial charge in [0.2, 0.25) is 0 Å². The van der Waals surface area contributed by atoms with Crippen LogP contribution in [0.1, 0.15) is 38.2 Å². The Balaban J connectivity index is 2.46. The first-order valence-electron chi connectivity index (χ1n) is 6.61. The Bertz CT molecular complexity index is 565. The topological polar surface area (TPSA) is 42.7 Å². The molecule has 6 heteroatoms. The van der Waals surface area contributed by atoms with Crippen LogP contribution < -0.4 is 5.32 Å². The van der Waals surface area contributed by atoms with Gasteiger partial charge < -0.3 is 5.32 Å². The van der Waals surface area contributed by atoms with Crippen LogP contribution in [0.15, 0.2) is 24.5 Å². The summed E-state index contributed by atoms with van der Waals surface area (Å²) >= 11 is 6.26. The Labute approximate surface area is 123 Å². The quantitative estimate of drug-likeness (QED) is 0.921. The van der Waals surface area contributed by atoms with Crippen molar-refractivity contribution in [3.8, 4) is 0 Å². The molecule has 108 valence electrons. The lowest BCUT2D eigenvalue weighted by molar-refractivity contribution is 0.479. The molecule has 2 rings (SSSR count). The molecule has 0 bridgehead atoms. The Kier molecular flexibility index (Phi) is 4.73. The molecule has 2 aromatic rings. The summed E-state index contributed by atoms with van der Waals surface area (Å²) in [5, 5.41) is 8.23. The van der Waals surface area contributed by atoms with Crippen LogP contribution in [-0.4, -0.2) is 20.8 Å². The number of aromatic nitrogens is 3. The predicted octanol–water partition coefficient (Wildman–Crippen LogP) is 3.18. The van der Waals surface area contributed by atoms with Gasteiger partial charge in [0.15, 0.2) is 0 Å². The van der Waals surface area contributed by atoms with E-state index in [1.807, 2.05) is 25.5 Å². The van der Waals surface area contributed by atoms with Gasteiger partial charge in [-0.05, 0) is 32.9 Å². The molecule has 0 fully saturated rings. The largest absolute Gasteiger partial charge is 0.301 e. The van der Waals surface area contributed by atoms with Crippen LogP contribution in [0.5, 0.6) is 0 Å². The van der Waals surface area contributed by atoms with Gasteiger partial charge in [-0.2, -0.15) is 5.10 Å². The first kappa shape index (κ1) is 14.9. The Morgan fingerprint density at radius 3 is 2.65 bits per heavy atom. The van der Waals surface area contributed by atoms with Crippen molar-refractivity contribution < 1.29 is 4.39 Å².